The molecule has 0 aliphatic rings. The molecular formula is C14H9BrF2O3. The van der Waals surface area contributed by atoms with Crippen LogP contribution < -0.4 is 4.74 Å². The Balaban J connectivity index is 2.23. The zero-order chi connectivity index (χ0) is 14.7. The minimum Gasteiger partial charge on any atom is -0.488 e. The van der Waals surface area contributed by atoms with Crippen LogP contribution in [0.4, 0.5) is 8.78 Å². The normalized spacial score (nSPS) is 10.3. The van der Waals surface area contributed by atoms with Crippen molar-refractivity contribution in [2.75, 3.05) is 0 Å². The van der Waals surface area contributed by atoms with Crippen molar-refractivity contribution < 1.29 is 23.4 Å². The molecule has 0 aliphatic heterocycles. The second kappa shape index (κ2) is 6.00. The summed E-state index contributed by atoms with van der Waals surface area (Å²) in [6, 6.07) is 7.90. The quantitative estimate of drug-likeness (QED) is 0.913. The highest BCUT2D eigenvalue weighted by atomic mass is 79.9. The Morgan fingerprint density at radius 1 is 1.25 bits per heavy atom. The first kappa shape index (κ1) is 14.5. The Bertz CT molecular complexity index is 639. The Morgan fingerprint density at radius 2 is 2.00 bits per heavy atom. The molecule has 2 aromatic carbocycles. The van der Waals surface area contributed by atoms with Gasteiger partial charge >= 0.3 is 5.97 Å². The standard InChI is InChI=1S/C14H9BrF2O3/c15-9-4-8(5-10(16)6-9)7-20-12-3-1-2-11(17)13(12)14(18)19/h1-6H,7H2,(H,18,19). The lowest BCUT2D eigenvalue weighted by Gasteiger charge is -2.10. The van der Waals surface area contributed by atoms with Crippen LogP contribution in [0.5, 0.6) is 5.75 Å². The molecule has 0 atom stereocenters. The average molecular weight is 343 g/mol. The number of carbonyl (C=O) groups is 1. The van der Waals surface area contributed by atoms with Crippen molar-refractivity contribution in [2.45, 2.75) is 6.61 Å². The maximum atomic E-state index is 13.4. The summed E-state index contributed by atoms with van der Waals surface area (Å²) in [5.74, 6) is -2.84. The molecule has 0 radical (unpaired) electrons. The SMILES string of the molecule is O=C(O)c1c(F)cccc1OCc1cc(F)cc(Br)c1. The summed E-state index contributed by atoms with van der Waals surface area (Å²) < 4.78 is 32.4. The fourth-order valence-electron chi connectivity index (χ4n) is 1.69. The van der Waals surface area contributed by atoms with Crippen molar-refractivity contribution in [3.63, 3.8) is 0 Å². The second-order valence-corrected chi connectivity index (χ2v) is 4.90. The van der Waals surface area contributed by atoms with Crippen LogP contribution in [0, 0.1) is 11.6 Å². The van der Waals surface area contributed by atoms with Gasteiger partial charge in [0.25, 0.3) is 0 Å². The van der Waals surface area contributed by atoms with Gasteiger partial charge in [0.15, 0.2) is 0 Å². The van der Waals surface area contributed by atoms with E-state index in [9.17, 15) is 13.6 Å². The van der Waals surface area contributed by atoms with Crippen LogP contribution in [0.25, 0.3) is 0 Å². The number of carboxylic acids is 1. The Kier molecular flexibility index (Phi) is 4.34. The highest BCUT2D eigenvalue weighted by molar-refractivity contribution is 9.10. The first-order valence-electron chi connectivity index (χ1n) is 5.57. The zero-order valence-electron chi connectivity index (χ0n) is 10.1. The molecule has 0 heterocycles. The van der Waals surface area contributed by atoms with Crippen molar-refractivity contribution >= 4 is 21.9 Å². The molecule has 104 valence electrons. The molecule has 0 amide bonds. The van der Waals surface area contributed by atoms with Gasteiger partial charge < -0.3 is 9.84 Å². The molecule has 2 rings (SSSR count). The third-order valence-electron chi connectivity index (χ3n) is 2.51. The number of rotatable bonds is 4. The van der Waals surface area contributed by atoms with Crippen LogP contribution in [0.3, 0.4) is 0 Å². The van der Waals surface area contributed by atoms with E-state index in [2.05, 4.69) is 15.9 Å². The van der Waals surface area contributed by atoms with E-state index in [1.165, 1.54) is 24.3 Å². The van der Waals surface area contributed by atoms with E-state index < -0.39 is 23.2 Å². The topological polar surface area (TPSA) is 46.5 Å². The first-order valence-corrected chi connectivity index (χ1v) is 6.36. The van der Waals surface area contributed by atoms with Gasteiger partial charge in [-0.2, -0.15) is 0 Å². The summed E-state index contributed by atoms with van der Waals surface area (Å²) in [4.78, 5) is 11.0. The number of hydrogen-bond donors (Lipinski definition) is 1. The molecule has 6 heteroatoms. The van der Waals surface area contributed by atoms with E-state index in [0.717, 1.165) is 6.07 Å². The molecule has 0 saturated heterocycles. The van der Waals surface area contributed by atoms with Crippen molar-refractivity contribution in [3.8, 4) is 5.75 Å². The van der Waals surface area contributed by atoms with Crippen molar-refractivity contribution in [2.24, 2.45) is 0 Å². The summed E-state index contributed by atoms with van der Waals surface area (Å²) in [6.07, 6.45) is 0. The fourth-order valence-corrected chi connectivity index (χ4v) is 2.20. The number of ether oxygens (including phenoxy) is 1. The van der Waals surface area contributed by atoms with Crippen LogP contribution in [-0.2, 0) is 6.61 Å². The van der Waals surface area contributed by atoms with Gasteiger partial charge in [-0.25, -0.2) is 13.6 Å². The van der Waals surface area contributed by atoms with Crippen LogP contribution in [0.1, 0.15) is 15.9 Å². The summed E-state index contributed by atoms with van der Waals surface area (Å²) in [6.45, 7) is -0.0694. The monoisotopic (exact) mass is 342 g/mol. The third kappa shape index (κ3) is 3.33. The van der Waals surface area contributed by atoms with E-state index in [0.29, 0.717) is 10.0 Å². The molecule has 3 nitrogen and oxygen atoms in total. The molecule has 1 N–H and O–H groups in total. The number of aromatic carboxylic acids is 1. The lowest BCUT2D eigenvalue weighted by molar-refractivity contribution is 0.0686. The minimum absolute atomic E-state index is 0.0694. The third-order valence-corrected chi connectivity index (χ3v) is 2.96. The number of carboxylic acid groups (broad SMARTS) is 1. The smallest absolute Gasteiger partial charge is 0.342 e. The molecule has 20 heavy (non-hydrogen) atoms. The van der Waals surface area contributed by atoms with Crippen molar-refractivity contribution in [3.05, 3.63) is 63.6 Å². The van der Waals surface area contributed by atoms with Gasteiger partial charge in [0.2, 0.25) is 0 Å². The molecule has 0 bridgehead atoms. The molecule has 0 aliphatic carbocycles. The summed E-state index contributed by atoms with van der Waals surface area (Å²) in [5, 5.41) is 8.94. The van der Waals surface area contributed by atoms with Gasteiger partial charge in [0.1, 0.15) is 29.6 Å². The molecular weight excluding hydrogens is 334 g/mol. The molecule has 0 fully saturated rings. The first-order chi connectivity index (χ1) is 9.47. The minimum atomic E-state index is -1.42. The van der Waals surface area contributed by atoms with E-state index in [-0.39, 0.29) is 12.4 Å². The van der Waals surface area contributed by atoms with Gasteiger partial charge in [-0.1, -0.05) is 22.0 Å². The van der Waals surface area contributed by atoms with Crippen LogP contribution in [-0.4, -0.2) is 11.1 Å². The van der Waals surface area contributed by atoms with Gasteiger partial charge in [-0.15, -0.1) is 0 Å². The maximum absolute atomic E-state index is 13.4. The van der Waals surface area contributed by atoms with Gasteiger partial charge in [-0.3, -0.25) is 0 Å². The Labute approximate surface area is 121 Å². The largest absolute Gasteiger partial charge is 0.488 e. The van der Waals surface area contributed by atoms with E-state index >= 15 is 0 Å². The number of halogens is 3. The molecule has 2 aromatic rings. The van der Waals surface area contributed by atoms with E-state index in [4.69, 9.17) is 9.84 Å². The van der Waals surface area contributed by atoms with Crippen LogP contribution in [0.2, 0.25) is 0 Å². The predicted molar refractivity (Wildman–Crippen MR) is 71.8 cm³/mol. The fraction of sp³-hybridized carbons (Fsp3) is 0.0714. The molecule has 0 spiro atoms. The van der Waals surface area contributed by atoms with Gasteiger partial charge in [0, 0.05) is 4.47 Å². The second-order valence-electron chi connectivity index (χ2n) is 3.98. The number of benzene rings is 2. The lowest BCUT2D eigenvalue weighted by Crippen LogP contribution is -2.06. The van der Waals surface area contributed by atoms with E-state index in [1.54, 1.807) is 6.07 Å². The van der Waals surface area contributed by atoms with Crippen molar-refractivity contribution in [1.82, 2.24) is 0 Å². The molecule has 0 aromatic heterocycles. The molecule has 0 saturated carbocycles. The van der Waals surface area contributed by atoms with Crippen LogP contribution in [0.15, 0.2) is 40.9 Å². The zero-order valence-corrected chi connectivity index (χ0v) is 11.7. The van der Waals surface area contributed by atoms with Gasteiger partial charge in [-0.05, 0) is 35.9 Å². The lowest BCUT2D eigenvalue weighted by atomic mass is 10.2. The molecule has 0 unspecified atom stereocenters. The highest BCUT2D eigenvalue weighted by Gasteiger charge is 2.16. The van der Waals surface area contributed by atoms with Crippen LogP contribution >= 0.6 is 15.9 Å². The van der Waals surface area contributed by atoms with Crippen molar-refractivity contribution in [1.29, 1.82) is 0 Å². The Morgan fingerprint density at radius 3 is 2.65 bits per heavy atom. The van der Waals surface area contributed by atoms with E-state index in [1.807, 2.05) is 0 Å². The summed E-state index contributed by atoms with van der Waals surface area (Å²) >= 11 is 3.14. The predicted octanol–water partition coefficient (Wildman–Crippen LogP) is 4.00. The summed E-state index contributed by atoms with van der Waals surface area (Å²) in [5.41, 5.74) is -0.0413. The number of hydrogen-bond acceptors (Lipinski definition) is 2. The Hall–Kier alpha value is -1.95. The maximum Gasteiger partial charge on any atom is 0.342 e. The highest BCUT2D eigenvalue weighted by Crippen LogP contribution is 2.23. The average Bonchev–Trinajstić information content (AvgIpc) is 2.34. The summed E-state index contributed by atoms with van der Waals surface area (Å²) in [7, 11) is 0. The van der Waals surface area contributed by atoms with Gasteiger partial charge in [0.05, 0.1) is 0 Å².